The maximum atomic E-state index is 13.2. The molecule has 1 N–H and O–H groups in total. The summed E-state index contributed by atoms with van der Waals surface area (Å²) in [4.78, 5) is 28.9. The topological polar surface area (TPSA) is 60.9 Å². The van der Waals surface area contributed by atoms with Crippen LogP contribution in [0.25, 0.3) is 0 Å². The van der Waals surface area contributed by atoms with Crippen LogP contribution in [0.5, 0.6) is 0 Å². The van der Waals surface area contributed by atoms with Crippen molar-refractivity contribution in [2.45, 2.75) is 18.0 Å². The second-order valence-corrected chi connectivity index (χ2v) is 8.72. The molecule has 0 bridgehead atoms. The first-order chi connectivity index (χ1) is 16.9. The number of rotatable bonds is 3. The summed E-state index contributed by atoms with van der Waals surface area (Å²) in [5, 5.41) is 9.98. The Kier molecular flexibility index (Phi) is 6.06. The molecule has 0 spiro atoms. The minimum atomic E-state index is -0.432. The normalized spacial score (nSPS) is 21.0. The zero-order chi connectivity index (χ0) is 24.5. The predicted octanol–water partition coefficient (Wildman–Crippen LogP) is 3.18. The molecule has 7 heteroatoms. The highest BCUT2D eigenvalue weighted by Crippen LogP contribution is 2.43. The van der Waals surface area contributed by atoms with E-state index in [2.05, 4.69) is 11.8 Å². The smallest absolute Gasteiger partial charge is 0.254 e. The summed E-state index contributed by atoms with van der Waals surface area (Å²) < 4.78 is 26.3. The van der Waals surface area contributed by atoms with Crippen LogP contribution < -0.4 is 0 Å². The number of hydrogen-bond donors (Lipinski definition) is 1. The minimum absolute atomic E-state index is 0.0756. The molecule has 0 saturated carbocycles. The number of piperazine rings is 1. The quantitative estimate of drug-likeness (QED) is 0.596. The first-order valence-electron chi connectivity index (χ1n) is 11.3. The van der Waals surface area contributed by atoms with Gasteiger partial charge in [-0.05, 0) is 66.2 Å². The van der Waals surface area contributed by atoms with Crippen LogP contribution in [0.15, 0.2) is 72.8 Å². The molecule has 3 aromatic rings. The van der Waals surface area contributed by atoms with Crippen LogP contribution in [-0.4, -0.2) is 58.5 Å². The van der Waals surface area contributed by atoms with Gasteiger partial charge in [-0.25, -0.2) is 8.78 Å². The van der Waals surface area contributed by atoms with Gasteiger partial charge >= 0.3 is 0 Å². The lowest BCUT2D eigenvalue weighted by Gasteiger charge is -2.58. The van der Waals surface area contributed by atoms with Gasteiger partial charge in [-0.3, -0.25) is 9.59 Å². The van der Waals surface area contributed by atoms with Crippen LogP contribution in [0.1, 0.15) is 33.0 Å². The van der Waals surface area contributed by atoms with Crippen LogP contribution in [0, 0.1) is 23.5 Å². The van der Waals surface area contributed by atoms with Crippen molar-refractivity contribution in [1.82, 2.24) is 9.80 Å². The van der Waals surface area contributed by atoms with Crippen molar-refractivity contribution in [3.63, 3.8) is 0 Å². The molecule has 2 fully saturated rings. The molecule has 3 atom stereocenters. The highest BCUT2D eigenvalue weighted by molar-refractivity contribution is 5.97. The van der Waals surface area contributed by atoms with Gasteiger partial charge in [0.05, 0.1) is 18.7 Å². The van der Waals surface area contributed by atoms with Gasteiger partial charge in [0.25, 0.3) is 5.91 Å². The lowest BCUT2D eigenvalue weighted by Crippen LogP contribution is -2.73. The van der Waals surface area contributed by atoms with E-state index in [1.165, 1.54) is 41.3 Å². The Morgan fingerprint density at radius 3 is 2.00 bits per heavy atom. The zero-order valence-electron chi connectivity index (χ0n) is 18.7. The summed E-state index contributed by atoms with van der Waals surface area (Å²) >= 11 is 0. The van der Waals surface area contributed by atoms with Gasteiger partial charge < -0.3 is 14.9 Å². The lowest BCUT2D eigenvalue weighted by molar-refractivity contribution is -0.159. The largest absolute Gasteiger partial charge is 0.394 e. The van der Waals surface area contributed by atoms with Crippen LogP contribution in [-0.2, 0) is 4.79 Å². The fraction of sp³-hybridized carbons (Fsp3) is 0.214. The fourth-order valence-corrected chi connectivity index (χ4v) is 4.90. The molecule has 3 aromatic carbocycles. The average Bonchev–Trinajstić information content (AvgIpc) is 2.85. The number of halogens is 2. The maximum absolute atomic E-state index is 13.2. The van der Waals surface area contributed by atoms with Crippen molar-refractivity contribution in [3.8, 4) is 11.8 Å². The molecule has 2 heterocycles. The van der Waals surface area contributed by atoms with E-state index in [1.54, 1.807) is 17.0 Å². The summed E-state index contributed by atoms with van der Waals surface area (Å²) in [5.41, 5.74) is 2.76. The Morgan fingerprint density at radius 1 is 0.886 bits per heavy atom. The number of amides is 2. The summed E-state index contributed by atoms with van der Waals surface area (Å²) in [6.45, 7) is 0.0774. The lowest BCUT2D eigenvalue weighted by atomic mass is 9.73. The maximum Gasteiger partial charge on any atom is 0.254 e. The van der Waals surface area contributed by atoms with Gasteiger partial charge in [-0.15, -0.1) is 0 Å². The van der Waals surface area contributed by atoms with Crippen molar-refractivity contribution in [2.75, 3.05) is 19.7 Å². The zero-order valence-corrected chi connectivity index (χ0v) is 18.7. The second kappa shape index (κ2) is 9.32. The standard InChI is InChI=1S/C28H22F2N2O3/c29-22-11-5-19(6-12-22)2-1-18-3-7-20(8-4-18)27-24-15-31(16-26(34)32(24)25(27)17-33)28(35)21-9-13-23(30)14-10-21/h3-14,24-25,27,33H,15-17H2/t24-,25-,27-/m0/s1. The van der Waals surface area contributed by atoms with E-state index in [0.29, 0.717) is 17.7 Å². The molecule has 2 aliphatic heterocycles. The van der Waals surface area contributed by atoms with Gasteiger partial charge in [0.2, 0.25) is 5.91 Å². The molecular weight excluding hydrogens is 450 g/mol. The number of aliphatic hydroxyl groups excluding tert-OH is 1. The van der Waals surface area contributed by atoms with Gasteiger partial charge in [-0.2, -0.15) is 0 Å². The molecule has 176 valence electrons. The van der Waals surface area contributed by atoms with Gasteiger partial charge in [0.1, 0.15) is 18.2 Å². The molecule has 35 heavy (non-hydrogen) atoms. The number of carbonyl (C=O) groups excluding carboxylic acids is 2. The number of hydrogen-bond acceptors (Lipinski definition) is 3. The molecular formula is C28H22F2N2O3. The van der Waals surface area contributed by atoms with Gasteiger partial charge in [-0.1, -0.05) is 24.0 Å². The van der Waals surface area contributed by atoms with E-state index in [-0.39, 0.29) is 48.8 Å². The first kappa shape index (κ1) is 22.8. The number of nitrogens with zero attached hydrogens (tertiary/aromatic N) is 2. The summed E-state index contributed by atoms with van der Waals surface area (Å²) in [6.07, 6.45) is 0. The van der Waals surface area contributed by atoms with E-state index >= 15 is 0 Å². The Balaban J connectivity index is 1.34. The molecule has 2 aliphatic rings. The number of fused-ring (bicyclic) bond motifs is 1. The fourth-order valence-electron chi connectivity index (χ4n) is 4.90. The third kappa shape index (κ3) is 4.41. The van der Waals surface area contributed by atoms with Crippen LogP contribution >= 0.6 is 0 Å². The van der Waals surface area contributed by atoms with Crippen molar-refractivity contribution < 1.29 is 23.5 Å². The van der Waals surface area contributed by atoms with E-state index in [9.17, 15) is 23.5 Å². The van der Waals surface area contributed by atoms with E-state index in [0.717, 1.165) is 11.1 Å². The second-order valence-electron chi connectivity index (χ2n) is 8.72. The monoisotopic (exact) mass is 472 g/mol. The molecule has 5 rings (SSSR count). The molecule has 2 saturated heterocycles. The number of benzene rings is 3. The molecule has 0 aliphatic carbocycles. The van der Waals surface area contributed by atoms with Gasteiger partial charge in [0, 0.05) is 29.2 Å². The first-order valence-corrected chi connectivity index (χ1v) is 11.3. The van der Waals surface area contributed by atoms with E-state index in [4.69, 9.17) is 0 Å². The van der Waals surface area contributed by atoms with Gasteiger partial charge in [0.15, 0.2) is 0 Å². The number of aliphatic hydroxyl groups is 1. The average molecular weight is 472 g/mol. The van der Waals surface area contributed by atoms with Crippen molar-refractivity contribution in [3.05, 3.63) is 107 Å². The highest BCUT2D eigenvalue weighted by atomic mass is 19.1. The molecule has 0 radical (unpaired) electrons. The molecule has 5 nitrogen and oxygen atoms in total. The van der Waals surface area contributed by atoms with Crippen molar-refractivity contribution in [1.29, 1.82) is 0 Å². The molecule has 2 amide bonds. The Labute approximate surface area is 201 Å². The third-order valence-corrected chi connectivity index (χ3v) is 6.62. The summed E-state index contributed by atoms with van der Waals surface area (Å²) in [7, 11) is 0. The predicted molar refractivity (Wildman–Crippen MR) is 125 cm³/mol. The minimum Gasteiger partial charge on any atom is -0.394 e. The third-order valence-electron chi connectivity index (χ3n) is 6.62. The Hall–Kier alpha value is -4.02. The summed E-state index contributed by atoms with van der Waals surface area (Å²) in [6, 6.07) is 18.2. The molecule has 0 aromatic heterocycles. The Morgan fingerprint density at radius 2 is 1.43 bits per heavy atom. The van der Waals surface area contributed by atoms with Crippen LogP contribution in [0.4, 0.5) is 8.78 Å². The molecule has 0 unspecified atom stereocenters. The number of carbonyl (C=O) groups is 2. The van der Waals surface area contributed by atoms with E-state index in [1.807, 2.05) is 24.3 Å². The van der Waals surface area contributed by atoms with E-state index < -0.39 is 5.82 Å². The van der Waals surface area contributed by atoms with Crippen LogP contribution in [0.3, 0.4) is 0 Å². The summed E-state index contributed by atoms with van der Waals surface area (Å²) in [5.74, 6) is 4.63. The Bertz CT molecular complexity index is 1310. The van der Waals surface area contributed by atoms with Crippen molar-refractivity contribution in [2.24, 2.45) is 0 Å². The van der Waals surface area contributed by atoms with Crippen LogP contribution in [0.2, 0.25) is 0 Å². The van der Waals surface area contributed by atoms with Crippen molar-refractivity contribution >= 4 is 11.8 Å². The SMILES string of the molecule is O=C(c1ccc(F)cc1)N1CC(=O)N2[C@@H](CO)[C@@H](c3ccc(C#Cc4ccc(F)cc4)cc3)[C@@H]2C1. The highest BCUT2D eigenvalue weighted by Gasteiger charge is 2.54.